The van der Waals surface area contributed by atoms with Gasteiger partial charge in [-0.1, -0.05) is 19.1 Å². The summed E-state index contributed by atoms with van der Waals surface area (Å²) in [5, 5.41) is 1.04. The third kappa shape index (κ3) is 3.23. The second kappa shape index (κ2) is 7.21. The molecule has 1 unspecified atom stereocenters. The maximum Gasteiger partial charge on any atom is 0.374 e. The fourth-order valence-electron chi connectivity index (χ4n) is 3.87. The number of aromatic nitrogens is 2. The van der Waals surface area contributed by atoms with Crippen LogP contribution in [0.1, 0.15) is 40.2 Å². The first kappa shape index (κ1) is 18.7. The van der Waals surface area contributed by atoms with Crippen LogP contribution >= 0.6 is 11.3 Å². The van der Waals surface area contributed by atoms with E-state index in [1.807, 2.05) is 0 Å². The number of ether oxygens (including phenoxy) is 1. The number of rotatable bonds is 3. The summed E-state index contributed by atoms with van der Waals surface area (Å²) in [7, 11) is 0. The quantitative estimate of drug-likeness (QED) is 0.507. The van der Waals surface area contributed by atoms with Crippen molar-refractivity contribution in [2.75, 3.05) is 0 Å². The first-order chi connectivity index (χ1) is 14.5. The maximum absolute atomic E-state index is 12.6. The highest BCUT2D eigenvalue weighted by molar-refractivity contribution is 7.18. The Morgan fingerprint density at radius 2 is 2.17 bits per heavy atom. The van der Waals surface area contributed by atoms with Crippen molar-refractivity contribution in [3.63, 3.8) is 0 Å². The molecule has 1 aliphatic carbocycles. The van der Waals surface area contributed by atoms with Gasteiger partial charge in [0.25, 0.3) is 5.56 Å². The van der Waals surface area contributed by atoms with Gasteiger partial charge in [-0.2, -0.15) is 0 Å². The molecule has 1 N–H and O–H groups in total. The zero-order chi connectivity index (χ0) is 20.8. The van der Waals surface area contributed by atoms with E-state index >= 15 is 0 Å². The van der Waals surface area contributed by atoms with Crippen LogP contribution in [-0.2, 0) is 24.2 Å². The highest BCUT2D eigenvalue weighted by Crippen LogP contribution is 2.35. The summed E-state index contributed by atoms with van der Waals surface area (Å²) in [4.78, 5) is 46.3. The van der Waals surface area contributed by atoms with Crippen LogP contribution < -0.4 is 11.0 Å². The number of esters is 1. The number of para-hydroxylation sites is 1. The molecule has 3 aromatic heterocycles. The summed E-state index contributed by atoms with van der Waals surface area (Å²) in [6, 6.07) is 7.78. The van der Waals surface area contributed by atoms with Gasteiger partial charge in [-0.25, -0.2) is 9.78 Å². The third-order valence-corrected chi connectivity index (χ3v) is 6.54. The van der Waals surface area contributed by atoms with Gasteiger partial charge in [0.05, 0.1) is 10.8 Å². The Labute approximate surface area is 174 Å². The largest absolute Gasteiger partial charge is 0.452 e. The maximum atomic E-state index is 12.6. The predicted molar refractivity (Wildman–Crippen MR) is 113 cm³/mol. The van der Waals surface area contributed by atoms with Gasteiger partial charge in [0.1, 0.15) is 22.8 Å². The molecule has 0 spiro atoms. The van der Waals surface area contributed by atoms with Gasteiger partial charge >= 0.3 is 5.97 Å². The van der Waals surface area contributed by atoms with E-state index < -0.39 is 5.97 Å². The molecule has 0 saturated carbocycles. The van der Waals surface area contributed by atoms with Crippen LogP contribution in [0.25, 0.3) is 21.2 Å². The van der Waals surface area contributed by atoms with Crippen LogP contribution in [0, 0.1) is 5.92 Å². The number of fused-ring (bicyclic) bond motifs is 4. The molecule has 0 fully saturated rings. The zero-order valence-corrected chi connectivity index (χ0v) is 17.0. The van der Waals surface area contributed by atoms with Crippen LogP contribution in [0.5, 0.6) is 0 Å². The van der Waals surface area contributed by atoms with Crippen molar-refractivity contribution in [3.8, 4) is 0 Å². The lowest BCUT2D eigenvalue weighted by molar-refractivity contribution is 0.0426. The van der Waals surface area contributed by atoms with Gasteiger partial charge in [0, 0.05) is 10.9 Å². The molecule has 0 amide bonds. The van der Waals surface area contributed by atoms with Gasteiger partial charge in [0.2, 0.25) is 5.76 Å². The Kier molecular flexibility index (Phi) is 4.51. The average molecular weight is 422 g/mol. The number of thiophene rings is 1. The molecule has 1 atom stereocenters. The number of hydrogen-bond donors (Lipinski definition) is 1. The highest BCUT2D eigenvalue weighted by atomic mass is 32.1. The zero-order valence-electron chi connectivity index (χ0n) is 16.2. The summed E-state index contributed by atoms with van der Waals surface area (Å²) in [5.41, 5.74) is 0.872. The number of hydrogen-bond acceptors (Lipinski definition) is 7. The summed E-state index contributed by atoms with van der Waals surface area (Å²) in [5.74, 6) is -0.125. The molecule has 4 aromatic rings. The SMILES string of the molecule is CC1CCc2c(sc3nc(COC(=O)c4cc(=O)c5ccccc5o4)[nH]c(=O)c23)C1. The number of aryl methyl sites for hydroxylation is 1. The van der Waals surface area contributed by atoms with E-state index in [4.69, 9.17) is 9.15 Å². The van der Waals surface area contributed by atoms with Crippen molar-refractivity contribution in [1.82, 2.24) is 9.97 Å². The average Bonchev–Trinajstić information content (AvgIpc) is 3.09. The van der Waals surface area contributed by atoms with Crippen molar-refractivity contribution in [2.45, 2.75) is 32.8 Å². The number of nitrogens with zero attached hydrogens (tertiary/aromatic N) is 1. The van der Waals surface area contributed by atoms with Crippen molar-refractivity contribution < 1.29 is 13.9 Å². The lowest BCUT2D eigenvalue weighted by Gasteiger charge is -2.17. The molecular formula is C22H18N2O5S. The molecule has 0 bridgehead atoms. The number of carbonyl (C=O) groups is 1. The molecule has 152 valence electrons. The third-order valence-electron chi connectivity index (χ3n) is 5.39. The van der Waals surface area contributed by atoms with Gasteiger partial charge in [-0.05, 0) is 42.9 Å². The molecule has 1 aliphatic rings. The first-order valence-electron chi connectivity index (χ1n) is 9.73. The summed E-state index contributed by atoms with van der Waals surface area (Å²) < 4.78 is 10.7. The van der Waals surface area contributed by atoms with E-state index in [0.29, 0.717) is 27.1 Å². The molecule has 8 heteroatoms. The van der Waals surface area contributed by atoms with Gasteiger partial charge in [-0.3, -0.25) is 9.59 Å². The van der Waals surface area contributed by atoms with Crippen LogP contribution in [-0.4, -0.2) is 15.9 Å². The second-order valence-electron chi connectivity index (χ2n) is 7.59. The summed E-state index contributed by atoms with van der Waals surface area (Å²) in [6.45, 7) is 1.99. The number of H-pyrrole nitrogens is 1. The van der Waals surface area contributed by atoms with Crippen LogP contribution in [0.15, 0.2) is 44.3 Å². The minimum absolute atomic E-state index is 0.192. The lowest BCUT2D eigenvalue weighted by atomic mass is 9.89. The van der Waals surface area contributed by atoms with Crippen LogP contribution in [0.2, 0.25) is 0 Å². The highest BCUT2D eigenvalue weighted by Gasteiger charge is 2.23. The number of carbonyl (C=O) groups excluding carboxylic acids is 1. The molecule has 7 nitrogen and oxygen atoms in total. The molecule has 0 saturated heterocycles. The fourth-order valence-corrected chi connectivity index (χ4v) is 5.27. The Morgan fingerprint density at radius 3 is 3.03 bits per heavy atom. The van der Waals surface area contributed by atoms with E-state index in [9.17, 15) is 14.4 Å². The van der Waals surface area contributed by atoms with Crippen LogP contribution in [0.3, 0.4) is 0 Å². The minimum Gasteiger partial charge on any atom is -0.452 e. The van der Waals surface area contributed by atoms with Crippen molar-refractivity contribution in [2.24, 2.45) is 5.92 Å². The first-order valence-corrected chi connectivity index (χ1v) is 10.5. The van der Waals surface area contributed by atoms with Gasteiger partial charge < -0.3 is 14.1 Å². The molecule has 3 heterocycles. The molecule has 30 heavy (non-hydrogen) atoms. The molecule has 1 aromatic carbocycles. The van der Waals surface area contributed by atoms with Crippen LogP contribution in [0.4, 0.5) is 0 Å². The lowest BCUT2D eigenvalue weighted by Crippen LogP contribution is -2.16. The minimum atomic E-state index is -0.792. The molecule has 0 aliphatic heterocycles. The van der Waals surface area contributed by atoms with E-state index in [1.165, 1.54) is 16.2 Å². The van der Waals surface area contributed by atoms with E-state index in [1.54, 1.807) is 24.3 Å². The smallest absolute Gasteiger partial charge is 0.374 e. The number of nitrogens with one attached hydrogen (secondary N) is 1. The molecule has 5 rings (SSSR count). The van der Waals surface area contributed by atoms with E-state index in [2.05, 4.69) is 16.9 Å². The van der Waals surface area contributed by atoms with Crippen molar-refractivity contribution in [1.29, 1.82) is 0 Å². The molecule has 0 radical (unpaired) electrons. The normalized spacial score (nSPS) is 16.0. The van der Waals surface area contributed by atoms with Gasteiger partial charge in [0.15, 0.2) is 5.43 Å². The number of aromatic amines is 1. The Morgan fingerprint density at radius 1 is 1.33 bits per heavy atom. The predicted octanol–water partition coefficient (Wildman–Crippen LogP) is 3.57. The van der Waals surface area contributed by atoms with E-state index in [-0.39, 0.29) is 29.2 Å². The Hall–Kier alpha value is -3.26. The van der Waals surface area contributed by atoms with E-state index in [0.717, 1.165) is 30.9 Å². The fraction of sp³-hybridized carbons (Fsp3) is 0.273. The molecular weight excluding hydrogens is 404 g/mol. The standard InChI is InChI=1S/C22H18N2O5S/c1-11-6-7-13-17(8-11)30-21-19(13)20(26)23-18(24-21)10-28-22(27)16-9-14(25)12-4-2-3-5-15(12)29-16/h2-5,9,11H,6-8,10H2,1H3,(H,23,24,26). The number of benzene rings is 1. The van der Waals surface area contributed by atoms with Crippen molar-refractivity contribution in [3.05, 3.63) is 72.9 Å². The Bertz CT molecular complexity index is 1410. The second-order valence-corrected chi connectivity index (χ2v) is 8.68. The summed E-state index contributed by atoms with van der Waals surface area (Å²) in [6.07, 6.45) is 2.91. The monoisotopic (exact) mass is 422 g/mol. The topological polar surface area (TPSA) is 102 Å². The van der Waals surface area contributed by atoms with Crippen molar-refractivity contribution >= 4 is 38.5 Å². The summed E-state index contributed by atoms with van der Waals surface area (Å²) >= 11 is 1.53. The Balaban J connectivity index is 1.40. The van der Waals surface area contributed by atoms with Gasteiger partial charge in [-0.15, -0.1) is 11.3 Å².